The van der Waals surface area contributed by atoms with Crippen LogP contribution in [0.1, 0.15) is 55.7 Å². The molecule has 0 bridgehead atoms. The van der Waals surface area contributed by atoms with Gasteiger partial charge in [-0.15, -0.1) is 14.9 Å². The van der Waals surface area contributed by atoms with E-state index in [0.717, 1.165) is 46.2 Å². The second-order valence-corrected chi connectivity index (χ2v) is 7.94. The van der Waals surface area contributed by atoms with Gasteiger partial charge in [-0.1, -0.05) is 74.9 Å². The molecule has 0 radical (unpaired) electrons. The number of nitrogens with zero attached hydrogens (tertiary/aromatic N) is 6. The zero-order valence-corrected chi connectivity index (χ0v) is 19.3. The van der Waals surface area contributed by atoms with Crippen molar-refractivity contribution in [3.05, 3.63) is 76.5 Å². The number of tetrazole rings is 1. The van der Waals surface area contributed by atoms with Gasteiger partial charge in [0.1, 0.15) is 0 Å². The first-order valence-corrected chi connectivity index (χ1v) is 11.4. The molecule has 0 aliphatic heterocycles. The fourth-order valence-electron chi connectivity index (χ4n) is 3.69. The SMILES string of the molecule is CCC=Cc1nn(C(=O)CCCC)c(=O)n1Cc1ccc(-c2ccccc2-c2nnn[nH]2)cc1. The average molecular weight is 458 g/mol. The van der Waals surface area contributed by atoms with Gasteiger partial charge < -0.3 is 0 Å². The number of rotatable bonds is 9. The number of aromatic amines is 1. The monoisotopic (exact) mass is 457 g/mol. The topological polar surface area (TPSA) is 111 Å². The number of nitrogens with one attached hydrogen (secondary N) is 1. The maximum Gasteiger partial charge on any atom is 0.353 e. The molecule has 9 heteroatoms. The number of carbonyl (C=O) groups excluding carboxylic acids is 1. The summed E-state index contributed by atoms with van der Waals surface area (Å²) in [6, 6.07) is 15.8. The van der Waals surface area contributed by atoms with E-state index in [4.69, 9.17) is 0 Å². The quantitative estimate of drug-likeness (QED) is 0.403. The lowest BCUT2D eigenvalue weighted by molar-refractivity contribution is 0.0878. The second kappa shape index (κ2) is 10.7. The van der Waals surface area contributed by atoms with E-state index < -0.39 is 5.69 Å². The van der Waals surface area contributed by atoms with Crippen LogP contribution < -0.4 is 5.69 Å². The molecule has 0 aliphatic rings. The van der Waals surface area contributed by atoms with E-state index >= 15 is 0 Å². The fourth-order valence-corrected chi connectivity index (χ4v) is 3.69. The third kappa shape index (κ3) is 4.93. The molecule has 4 rings (SSSR count). The van der Waals surface area contributed by atoms with Gasteiger partial charge in [0, 0.05) is 12.0 Å². The van der Waals surface area contributed by atoms with Crippen LogP contribution in [0.2, 0.25) is 0 Å². The first kappa shape index (κ1) is 23.0. The number of aromatic nitrogens is 7. The largest absolute Gasteiger partial charge is 0.353 e. The summed E-state index contributed by atoms with van der Waals surface area (Å²) in [6.45, 7) is 4.33. The minimum absolute atomic E-state index is 0.273. The molecule has 0 aliphatic carbocycles. The Hall–Kier alpha value is -4.14. The number of benzene rings is 2. The van der Waals surface area contributed by atoms with Crippen molar-refractivity contribution in [2.75, 3.05) is 0 Å². The molecule has 4 aromatic rings. The van der Waals surface area contributed by atoms with Crippen molar-refractivity contribution in [3.8, 4) is 22.5 Å². The second-order valence-electron chi connectivity index (χ2n) is 7.94. The Kier molecular flexibility index (Phi) is 7.22. The van der Waals surface area contributed by atoms with Gasteiger partial charge in [-0.3, -0.25) is 9.36 Å². The van der Waals surface area contributed by atoms with Gasteiger partial charge in [0.15, 0.2) is 11.6 Å². The van der Waals surface area contributed by atoms with Crippen LogP contribution in [0.25, 0.3) is 28.6 Å². The van der Waals surface area contributed by atoms with Crippen molar-refractivity contribution in [2.24, 2.45) is 0 Å². The van der Waals surface area contributed by atoms with Crippen LogP contribution in [-0.2, 0) is 6.54 Å². The zero-order chi connectivity index (χ0) is 23.9. The zero-order valence-electron chi connectivity index (χ0n) is 19.3. The molecule has 174 valence electrons. The predicted octanol–water partition coefficient (Wildman–Crippen LogP) is 4.19. The lowest BCUT2D eigenvalue weighted by Crippen LogP contribution is -2.30. The van der Waals surface area contributed by atoms with Crippen LogP contribution in [0.3, 0.4) is 0 Å². The van der Waals surface area contributed by atoms with E-state index in [2.05, 4.69) is 25.7 Å². The fraction of sp³-hybridized carbons (Fsp3) is 0.280. The standard InChI is InChI=1S/C25H27N7O2/c1-3-5-11-22-28-32(23(33)12-6-4-2)25(34)31(22)17-18-13-15-19(16-14-18)20-9-7-8-10-21(20)24-26-29-30-27-24/h5,7-11,13-16H,3-4,6,12,17H2,1-2H3,(H,26,27,29,30). The van der Waals surface area contributed by atoms with Crippen molar-refractivity contribution in [3.63, 3.8) is 0 Å². The molecule has 0 unspecified atom stereocenters. The van der Waals surface area contributed by atoms with Crippen molar-refractivity contribution < 1.29 is 4.79 Å². The molecule has 2 heterocycles. The number of H-pyrrole nitrogens is 1. The highest BCUT2D eigenvalue weighted by atomic mass is 16.2. The van der Waals surface area contributed by atoms with E-state index in [1.54, 1.807) is 10.6 Å². The Bertz CT molecular complexity index is 1330. The van der Waals surface area contributed by atoms with Gasteiger partial charge in [0.05, 0.1) is 6.54 Å². The third-order valence-corrected chi connectivity index (χ3v) is 5.51. The number of carbonyl (C=O) groups is 1. The molecule has 0 fully saturated rings. The van der Waals surface area contributed by atoms with Crippen LogP contribution in [0, 0.1) is 0 Å². The molecule has 9 nitrogen and oxygen atoms in total. The van der Waals surface area contributed by atoms with Crippen LogP contribution in [0.15, 0.2) is 59.4 Å². The minimum Gasteiger partial charge on any atom is -0.272 e. The summed E-state index contributed by atoms with van der Waals surface area (Å²) in [5.74, 6) is 0.799. The number of hydrogen-bond acceptors (Lipinski definition) is 6. The lowest BCUT2D eigenvalue weighted by Gasteiger charge is -2.09. The Morgan fingerprint density at radius 3 is 2.50 bits per heavy atom. The Morgan fingerprint density at radius 2 is 1.82 bits per heavy atom. The third-order valence-electron chi connectivity index (χ3n) is 5.51. The van der Waals surface area contributed by atoms with Crippen molar-refractivity contribution in [2.45, 2.75) is 46.1 Å². The van der Waals surface area contributed by atoms with E-state index in [9.17, 15) is 9.59 Å². The highest BCUT2D eigenvalue weighted by Gasteiger charge is 2.17. The van der Waals surface area contributed by atoms with Gasteiger partial charge in [0.2, 0.25) is 0 Å². The van der Waals surface area contributed by atoms with Gasteiger partial charge in [-0.25, -0.2) is 9.89 Å². The van der Waals surface area contributed by atoms with Gasteiger partial charge in [-0.05, 0) is 46.0 Å². The highest BCUT2D eigenvalue weighted by molar-refractivity contribution is 5.80. The molecule has 0 amide bonds. The van der Waals surface area contributed by atoms with Crippen LogP contribution in [-0.4, -0.2) is 40.9 Å². The average Bonchev–Trinajstić information content (AvgIpc) is 3.51. The number of unbranched alkanes of at least 4 members (excludes halogenated alkanes) is 1. The summed E-state index contributed by atoms with van der Waals surface area (Å²) in [4.78, 5) is 25.5. The van der Waals surface area contributed by atoms with E-state index in [-0.39, 0.29) is 5.91 Å². The summed E-state index contributed by atoms with van der Waals surface area (Å²) < 4.78 is 2.54. The van der Waals surface area contributed by atoms with Gasteiger partial charge in [0.25, 0.3) is 5.91 Å². The molecule has 2 aromatic carbocycles. The van der Waals surface area contributed by atoms with E-state index in [0.29, 0.717) is 24.6 Å². The molecule has 0 saturated heterocycles. The highest BCUT2D eigenvalue weighted by Crippen LogP contribution is 2.29. The molecular formula is C25H27N7O2. The molecule has 34 heavy (non-hydrogen) atoms. The van der Waals surface area contributed by atoms with Crippen molar-refractivity contribution in [1.82, 2.24) is 35.0 Å². The van der Waals surface area contributed by atoms with E-state index in [1.807, 2.05) is 68.5 Å². The van der Waals surface area contributed by atoms with Gasteiger partial charge in [-0.2, -0.15) is 0 Å². The molecule has 0 saturated carbocycles. The maximum absolute atomic E-state index is 13.0. The Balaban J connectivity index is 1.63. The summed E-state index contributed by atoms with van der Waals surface area (Å²) in [7, 11) is 0. The van der Waals surface area contributed by atoms with E-state index in [1.165, 1.54) is 0 Å². The van der Waals surface area contributed by atoms with Gasteiger partial charge >= 0.3 is 5.69 Å². The summed E-state index contributed by atoms with van der Waals surface area (Å²) in [6.07, 6.45) is 6.44. The normalized spacial score (nSPS) is 11.4. The number of hydrogen-bond donors (Lipinski definition) is 1. The smallest absolute Gasteiger partial charge is 0.272 e. The molecule has 0 atom stereocenters. The predicted molar refractivity (Wildman–Crippen MR) is 130 cm³/mol. The molecule has 1 N–H and O–H groups in total. The van der Waals surface area contributed by atoms with Crippen molar-refractivity contribution in [1.29, 1.82) is 0 Å². The first-order valence-electron chi connectivity index (χ1n) is 11.4. The molecular weight excluding hydrogens is 430 g/mol. The van der Waals surface area contributed by atoms with Crippen LogP contribution >= 0.6 is 0 Å². The summed E-state index contributed by atoms with van der Waals surface area (Å²) in [5, 5.41) is 18.5. The minimum atomic E-state index is -0.413. The van der Waals surface area contributed by atoms with Crippen LogP contribution in [0.5, 0.6) is 0 Å². The molecule has 2 aromatic heterocycles. The van der Waals surface area contributed by atoms with Crippen LogP contribution in [0.4, 0.5) is 0 Å². The Morgan fingerprint density at radius 1 is 1.06 bits per heavy atom. The molecule has 0 spiro atoms. The maximum atomic E-state index is 13.0. The summed E-state index contributed by atoms with van der Waals surface area (Å²) >= 11 is 0. The lowest BCUT2D eigenvalue weighted by atomic mass is 9.98. The summed E-state index contributed by atoms with van der Waals surface area (Å²) in [5.41, 5.74) is 3.40. The Labute approximate surface area is 197 Å². The first-order chi connectivity index (χ1) is 16.6. The number of allylic oxidation sites excluding steroid dienone is 1. The van der Waals surface area contributed by atoms with Crippen molar-refractivity contribution >= 4 is 12.0 Å².